The van der Waals surface area contributed by atoms with E-state index in [2.05, 4.69) is 38.1 Å². The highest BCUT2D eigenvalue weighted by Gasteiger charge is 2.57. The molecule has 11 atom stereocenters. The molecule has 302 valence electrons. The number of aliphatic hydroxyl groups excluding tert-OH is 2. The van der Waals surface area contributed by atoms with Crippen molar-refractivity contribution in [1.29, 1.82) is 0 Å². The summed E-state index contributed by atoms with van der Waals surface area (Å²) in [6.45, 7) is 1.61. The maximum absolute atomic E-state index is 12.8. The number of aromatic nitrogens is 8. The summed E-state index contributed by atoms with van der Waals surface area (Å²) in [7, 11) is -15.5. The van der Waals surface area contributed by atoms with Crippen molar-refractivity contribution in [2.75, 3.05) is 24.7 Å². The number of phosphoric ester groups is 2. The van der Waals surface area contributed by atoms with E-state index in [-0.39, 0.29) is 40.6 Å². The van der Waals surface area contributed by atoms with Gasteiger partial charge in [0, 0.05) is 5.92 Å². The van der Waals surface area contributed by atoms with Gasteiger partial charge in [-0.15, -0.1) is 0 Å². The van der Waals surface area contributed by atoms with Crippen molar-refractivity contribution in [3.63, 3.8) is 0 Å². The molecule has 55 heavy (non-hydrogen) atoms. The molecule has 7 unspecified atom stereocenters. The lowest BCUT2D eigenvalue weighted by Crippen LogP contribution is -2.45. The molecule has 2 aliphatic heterocycles. The summed E-state index contributed by atoms with van der Waals surface area (Å²) in [6, 6.07) is -0.570. The number of hydrogen-bond donors (Lipinski definition) is 9. The number of ether oxygens (including phenoxy) is 3. The highest BCUT2D eigenvalue weighted by atomic mass is 31.3. The molecule has 0 spiro atoms. The van der Waals surface area contributed by atoms with Crippen molar-refractivity contribution in [2.24, 2.45) is 13.0 Å². The number of phosphoric acid groups is 3. The van der Waals surface area contributed by atoms with Crippen LogP contribution in [0, 0.1) is 5.92 Å². The number of H-pyrrole nitrogens is 2. The van der Waals surface area contributed by atoms with Crippen LogP contribution in [0.5, 0.6) is 0 Å². The van der Waals surface area contributed by atoms with Gasteiger partial charge in [0.05, 0.1) is 32.7 Å². The fourth-order valence-corrected chi connectivity index (χ4v) is 10.5. The standard InChI is InChI=1S/C25H35N10O17P3/c1-25(2)49-16-9(4-10(17(16)50-25)35-8-33(3)13-19(35)30-24(27)32-21(13)39)5-46-53(40,41)51-55(44,45)52-54(42,43)47-6-11-14(36)15(37)22(48-11)34-7-28-12-18(34)29-23(26)31-20(12)38/h7-11,14-17,22,36-37H,4-6H2,1-3H3,(H8-,26,27,29,30,31,32,38,39,40,41,42,43,44,45)/p+1/t9-,10-,11-,14?,15?,16?,17?,22-/m1/s1. The predicted molar refractivity (Wildman–Crippen MR) is 179 cm³/mol. The van der Waals surface area contributed by atoms with Gasteiger partial charge in [-0.05, 0) is 20.3 Å². The molecule has 1 aliphatic carbocycles. The number of nitrogens with zero attached hydrogens (tertiary/aromatic N) is 6. The van der Waals surface area contributed by atoms with Crippen molar-refractivity contribution in [3.8, 4) is 0 Å². The molecule has 6 heterocycles. The zero-order valence-corrected chi connectivity index (χ0v) is 31.4. The van der Waals surface area contributed by atoms with E-state index in [4.69, 9.17) is 30.2 Å². The second kappa shape index (κ2) is 13.9. The van der Waals surface area contributed by atoms with Gasteiger partial charge in [0.2, 0.25) is 11.5 Å². The van der Waals surface area contributed by atoms with E-state index in [1.54, 1.807) is 31.8 Å². The van der Waals surface area contributed by atoms with E-state index >= 15 is 0 Å². The monoisotopic (exact) mass is 841 g/mol. The number of nitrogen functional groups attached to an aromatic ring is 2. The molecule has 3 fully saturated rings. The number of aromatic amines is 2. The van der Waals surface area contributed by atoms with Gasteiger partial charge in [-0.25, -0.2) is 23.2 Å². The van der Waals surface area contributed by atoms with E-state index in [1.807, 2.05) is 0 Å². The number of aliphatic hydroxyl groups is 2. The number of imidazole rings is 2. The molecule has 2 saturated heterocycles. The van der Waals surface area contributed by atoms with Crippen LogP contribution < -0.4 is 27.2 Å². The Morgan fingerprint density at radius 3 is 2.25 bits per heavy atom. The van der Waals surface area contributed by atoms with Crippen LogP contribution in [0.15, 0.2) is 22.2 Å². The predicted octanol–water partition coefficient (Wildman–Crippen LogP) is -2.09. The summed E-state index contributed by atoms with van der Waals surface area (Å²) in [5.41, 5.74) is 10.3. The summed E-state index contributed by atoms with van der Waals surface area (Å²) < 4.78 is 78.1. The number of hydrogen-bond acceptors (Lipinski definition) is 19. The van der Waals surface area contributed by atoms with Crippen molar-refractivity contribution in [1.82, 2.24) is 34.1 Å². The number of nitrogens with one attached hydrogen (secondary N) is 2. The molecule has 27 nitrogen and oxygen atoms in total. The van der Waals surface area contributed by atoms with Crippen LogP contribution in [-0.4, -0.2) is 108 Å². The maximum atomic E-state index is 12.8. The molecule has 4 aromatic heterocycles. The Labute approximate surface area is 306 Å². The van der Waals surface area contributed by atoms with Crippen LogP contribution >= 0.6 is 23.5 Å². The van der Waals surface area contributed by atoms with E-state index in [1.165, 1.54) is 4.57 Å². The minimum absolute atomic E-state index is 0.130. The van der Waals surface area contributed by atoms with Crippen molar-refractivity contribution in [3.05, 3.63) is 33.4 Å². The minimum Gasteiger partial charge on any atom is -0.387 e. The summed E-state index contributed by atoms with van der Waals surface area (Å²) in [4.78, 5) is 72.1. The average Bonchev–Trinajstić information content (AvgIpc) is 3.83. The van der Waals surface area contributed by atoms with Crippen LogP contribution in [-0.2, 0) is 52.6 Å². The zero-order chi connectivity index (χ0) is 40.0. The third-order valence-electron chi connectivity index (χ3n) is 9.03. The van der Waals surface area contributed by atoms with Crippen molar-refractivity contribution < 1.29 is 75.0 Å². The first-order valence-electron chi connectivity index (χ1n) is 16.1. The van der Waals surface area contributed by atoms with Gasteiger partial charge < -0.3 is 50.6 Å². The van der Waals surface area contributed by atoms with Crippen molar-refractivity contribution >= 4 is 57.7 Å². The molecule has 1 saturated carbocycles. The topological polar surface area (TPSA) is 387 Å². The molecule has 11 N–H and O–H groups in total. The van der Waals surface area contributed by atoms with E-state index in [0.29, 0.717) is 0 Å². The normalized spacial score (nSPS) is 31.1. The Morgan fingerprint density at radius 1 is 0.945 bits per heavy atom. The molecule has 4 aromatic rings. The molecule has 0 bridgehead atoms. The van der Waals surface area contributed by atoms with E-state index in [0.717, 1.165) is 10.9 Å². The van der Waals surface area contributed by atoms with Crippen LogP contribution in [0.25, 0.3) is 22.3 Å². The molecule has 7 rings (SSSR count). The van der Waals surface area contributed by atoms with Gasteiger partial charge in [-0.2, -0.15) is 13.6 Å². The fraction of sp³-hybridized carbons (Fsp3) is 0.600. The van der Waals surface area contributed by atoms with E-state index in [9.17, 15) is 48.2 Å². The highest BCUT2D eigenvalue weighted by molar-refractivity contribution is 7.66. The number of anilines is 2. The van der Waals surface area contributed by atoms with Crippen molar-refractivity contribution in [2.45, 2.75) is 68.8 Å². The Bertz CT molecular complexity index is 2420. The Hall–Kier alpha value is -3.49. The van der Waals surface area contributed by atoms with Gasteiger partial charge in [-0.3, -0.25) is 37.7 Å². The van der Waals surface area contributed by atoms with Gasteiger partial charge in [0.25, 0.3) is 17.1 Å². The van der Waals surface area contributed by atoms with Gasteiger partial charge in [-0.1, -0.05) is 4.98 Å². The summed E-state index contributed by atoms with van der Waals surface area (Å²) in [6.07, 6.45) is -5.22. The quantitative estimate of drug-likeness (QED) is 0.0545. The number of nitrogens with two attached hydrogens (primary N) is 2. The summed E-state index contributed by atoms with van der Waals surface area (Å²) in [5.74, 6) is -2.26. The fourth-order valence-electron chi connectivity index (χ4n) is 6.91. The van der Waals surface area contributed by atoms with Gasteiger partial charge in [0.15, 0.2) is 29.5 Å². The van der Waals surface area contributed by atoms with Gasteiger partial charge >= 0.3 is 29.1 Å². The molecule has 0 radical (unpaired) electrons. The number of aryl methyl sites for hydroxylation is 1. The lowest BCUT2D eigenvalue weighted by molar-refractivity contribution is -0.707. The van der Waals surface area contributed by atoms with Crippen LogP contribution in [0.4, 0.5) is 11.9 Å². The Morgan fingerprint density at radius 2 is 1.56 bits per heavy atom. The summed E-state index contributed by atoms with van der Waals surface area (Å²) >= 11 is 0. The summed E-state index contributed by atoms with van der Waals surface area (Å²) in [5, 5.41) is 21.1. The van der Waals surface area contributed by atoms with Crippen LogP contribution in [0.1, 0.15) is 32.5 Å². The second-order valence-corrected chi connectivity index (χ2v) is 18.0. The molecular weight excluding hydrogens is 805 g/mol. The third-order valence-corrected chi connectivity index (χ3v) is 13.3. The SMILES string of the molecule is Cn1c[n+]([C@@H]2C[C@H](COP(=O)(O)OP(=O)(O)OP(=O)(O)OC[C@H]3O[C@@H](n4cnc5c(=O)[nH]c(N)nc54)C(O)C3O)C3OC(C)(C)OC32)c2nc(N)[nH]c(=O)c21. The Balaban J connectivity index is 0.978. The smallest absolute Gasteiger partial charge is 0.387 e. The molecular formula is C25H36N10O17P3+. The first-order valence-corrected chi connectivity index (χ1v) is 20.6. The largest absolute Gasteiger partial charge is 0.490 e. The highest BCUT2D eigenvalue weighted by Crippen LogP contribution is 2.68. The first kappa shape index (κ1) is 39.7. The van der Waals surface area contributed by atoms with Gasteiger partial charge in [0.1, 0.15) is 30.5 Å². The Kier molecular flexibility index (Phi) is 10.0. The maximum Gasteiger partial charge on any atom is 0.490 e. The average molecular weight is 842 g/mol. The molecule has 3 aliphatic rings. The lowest BCUT2D eigenvalue weighted by atomic mass is 10.1. The van der Waals surface area contributed by atoms with E-state index < -0.39 is 102 Å². The lowest BCUT2D eigenvalue weighted by Gasteiger charge is -2.23. The first-order chi connectivity index (χ1) is 25.5. The molecule has 0 aromatic carbocycles. The zero-order valence-electron chi connectivity index (χ0n) is 28.7. The number of fused-ring (bicyclic) bond motifs is 3. The second-order valence-electron chi connectivity index (χ2n) is 13.4. The minimum atomic E-state index is -5.92. The van der Waals surface area contributed by atoms with Crippen LogP contribution in [0.2, 0.25) is 0 Å². The third kappa shape index (κ3) is 7.79. The number of rotatable bonds is 12. The van der Waals surface area contributed by atoms with Crippen LogP contribution in [0.3, 0.4) is 0 Å². The molecule has 0 amide bonds. The molecule has 30 heteroatoms.